The van der Waals surface area contributed by atoms with Crippen molar-refractivity contribution >= 4 is 33.3 Å². The first-order valence-electron chi connectivity index (χ1n) is 5.23. The van der Waals surface area contributed by atoms with Gasteiger partial charge >= 0.3 is 0 Å². The third kappa shape index (κ3) is 3.00. The standard InChI is InChI=1S/C13H9BrClN3/c14-11-5-10(6-16)13(18-8-11)17-7-9-3-1-2-4-12(9)15/h1-5,8H,7H2,(H,17,18). The second kappa shape index (κ2) is 5.85. The van der Waals surface area contributed by atoms with E-state index in [4.69, 9.17) is 16.9 Å². The molecule has 0 aliphatic rings. The predicted octanol–water partition coefficient (Wildman–Crippen LogP) is 3.98. The van der Waals surface area contributed by atoms with E-state index in [0.29, 0.717) is 22.9 Å². The molecule has 0 saturated heterocycles. The summed E-state index contributed by atoms with van der Waals surface area (Å²) in [5.41, 5.74) is 1.46. The van der Waals surface area contributed by atoms with Crippen LogP contribution in [0.5, 0.6) is 0 Å². The molecule has 0 amide bonds. The van der Waals surface area contributed by atoms with E-state index in [2.05, 4.69) is 32.3 Å². The second-order valence-electron chi connectivity index (χ2n) is 3.61. The van der Waals surface area contributed by atoms with Crippen molar-refractivity contribution in [3.05, 3.63) is 57.2 Å². The first-order valence-corrected chi connectivity index (χ1v) is 6.40. The normalized spacial score (nSPS) is 9.83. The van der Waals surface area contributed by atoms with Crippen molar-refractivity contribution in [2.24, 2.45) is 0 Å². The summed E-state index contributed by atoms with van der Waals surface area (Å²) in [4.78, 5) is 4.17. The Labute approximate surface area is 119 Å². The molecule has 1 aromatic carbocycles. The number of benzene rings is 1. The van der Waals surface area contributed by atoms with Crippen LogP contribution in [0, 0.1) is 11.3 Å². The highest BCUT2D eigenvalue weighted by atomic mass is 79.9. The smallest absolute Gasteiger partial charge is 0.144 e. The Morgan fingerprint density at radius 1 is 1.39 bits per heavy atom. The summed E-state index contributed by atoms with van der Waals surface area (Å²) in [6.07, 6.45) is 1.65. The molecule has 3 nitrogen and oxygen atoms in total. The number of nitriles is 1. The molecule has 0 spiro atoms. The van der Waals surface area contributed by atoms with Crippen LogP contribution in [0.25, 0.3) is 0 Å². The largest absolute Gasteiger partial charge is 0.365 e. The van der Waals surface area contributed by atoms with Crippen LogP contribution in [0.1, 0.15) is 11.1 Å². The molecule has 18 heavy (non-hydrogen) atoms. The van der Waals surface area contributed by atoms with E-state index in [1.165, 1.54) is 0 Å². The van der Waals surface area contributed by atoms with Crippen LogP contribution in [-0.4, -0.2) is 4.98 Å². The van der Waals surface area contributed by atoms with Crippen molar-refractivity contribution < 1.29 is 0 Å². The van der Waals surface area contributed by atoms with E-state index >= 15 is 0 Å². The molecular weight excluding hydrogens is 314 g/mol. The van der Waals surface area contributed by atoms with E-state index < -0.39 is 0 Å². The van der Waals surface area contributed by atoms with Gasteiger partial charge in [0.1, 0.15) is 11.9 Å². The molecule has 0 aliphatic heterocycles. The third-order valence-electron chi connectivity index (χ3n) is 2.38. The van der Waals surface area contributed by atoms with Crippen LogP contribution in [0.2, 0.25) is 5.02 Å². The van der Waals surface area contributed by atoms with Crippen molar-refractivity contribution in [1.82, 2.24) is 4.98 Å². The summed E-state index contributed by atoms with van der Waals surface area (Å²) in [5, 5.41) is 12.8. The van der Waals surface area contributed by atoms with E-state index in [1.54, 1.807) is 12.3 Å². The minimum Gasteiger partial charge on any atom is -0.365 e. The lowest BCUT2D eigenvalue weighted by Gasteiger charge is -2.08. The van der Waals surface area contributed by atoms with Crippen LogP contribution in [-0.2, 0) is 6.54 Å². The van der Waals surface area contributed by atoms with Gasteiger partial charge in [-0.25, -0.2) is 4.98 Å². The first kappa shape index (κ1) is 12.9. The maximum absolute atomic E-state index is 9.02. The Balaban J connectivity index is 2.16. The molecule has 2 aromatic rings. The Hall–Kier alpha value is -1.57. The SMILES string of the molecule is N#Cc1cc(Br)cnc1NCc1ccccc1Cl. The van der Waals surface area contributed by atoms with Crippen LogP contribution in [0.15, 0.2) is 41.0 Å². The van der Waals surface area contributed by atoms with Gasteiger partial charge in [0.2, 0.25) is 0 Å². The number of hydrogen-bond donors (Lipinski definition) is 1. The van der Waals surface area contributed by atoms with Gasteiger partial charge in [-0.05, 0) is 33.6 Å². The molecular formula is C13H9BrClN3. The van der Waals surface area contributed by atoms with E-state index in [1.807, 2.05) is 24.3 Å². The maximum atomic E-state index is 9.02. The quantitative estimate of drug-likeness (QED) is 0.930. The number of hydrogen-bond acceptors (Lipinski definition) is 3. The lowest BCUT2D eigenvalue weighted by Crippen LogP contribution is -2.03. The van der Waals surface area contributed by atoms with Gasteiger partial charge < -0.3 is 5.32 Å². The number of pyridine rings is 1. The van der Waals surface area contributed by atoms with Crippen molar-refractivity contribution in [3.63, 3.8) is 0 Å². The predicted molar refractivity (Wildman–Crippen MR) is 75.4 cm³/mol. The zero-order valence-corrected chi connectivity index (χ0v) is 11.7. The lowest BCUT2D eigenvalue weighted by molar-refractivity contribution is 1.10. The van der Waals surface area contributed by atoms with Crippen LogP contribution in [0.4, 0.5) is 5.82 Å². The monoisotopic (exact) mass is 321 g/mol. The number of aromatic nitrogens is 1. The van der Waals surface area contributed by atoms with Gasteiger partial charge in [-0.3, -0.25) is 0 Å². The highest BCUT2D eigenvalue weighted by molar-refractivity contribution is 9.10. The van der Waals surface area contributed by atoms with Gasteiger partial charge in [0, 0.05) is 22.2 Å². The number of rotatable bonds is 3. The number of anilines is 1. The average molecular weight is 323 g/mol. The highest BCUT2D eigenvalue weighted by Crippen LogP contribution is 2.20. The molecule has 1 aromatic heterocycles. The van der Waals surface area contributed by atoms with Crippen molar-refractivity contribution in [2.75, 3.05) is 5.32 Å². The van der Waals surface area contributed by atoms with Crippen molar-refractivity contribution in [2.45, 2.75) is 6.54 Å². The Kier molecular flexibility index (Phi) is 4.19. The third-order valence-corrected chi connectivity index (χ3v) is 3.18. The molecule has 2 rings (SSSR count). The fraction of sp³-hybridized carbons (Fsp3) is 0.0769. The summed E-state index contributed by atoms with van der Waals surface area (Å²) in [6, 6.07) is 11.4. The topological polar surface area (TPSA) is 48.7 Å². The summed E-state index contributed by atoms with van der Waals surface area (Å²) < 4.78 is 0.780. The molecule has 1 N–H and O–H groups in total. The Morgan fingerprint density at radius 2 is 2.17 bits per heavy atom. The van der Waals surface area contributed by atoms with E-state index in [9.17, 15) is 0 Å². The zero-order valence-electron chi connectivity index (χ0n) is 9.32. The molecule has 5 heteroatoms. The van der Waals surface area contributed by atoms with E-state index in [0.717, 1.165) is 10.0 Å². The molecule has 0 aliphatic carbocycles. The molecule has 0 atom stereocenters. The van der Waals surface area contributed by atoms with Gasteiger partial charge in [-0.2, -0.15) is 5.26 Å². The molecule has 0 saturated carbocycles. The molecule has 0 radical (unpaired) electrons. The molecule has 0 unspecified atom stereocenters. The molecule has 0 fully saturated rings. The number of halogens is 2. The lowest BCUT2D eigenvalue weighted by atomic mass is 10.2. The fourth-order valence-corrected chi connectivity index (χ4v) is 2.02. The molecule has 90 valence electrons. The summed E-state index contributed by atoms with van der Waals surface area (Å²) in [5.74, 6) is 0.556. The second-order valence-corrected chi connectivity index (χ2v) is 4.93. The van der Waals surface area contributed by atoms with E-state index in [-0.39, 0.29) is 0 Å². The molecule has 1 heterocycles. The summed E-state index contributed by atoms with van der Waals surface area (Å²) in [6.45, 7) is 0.531. The van der Waals surface area contributed by atoms with Gasteiger partial charge in [0.05, 0.1) is 5.56 Å². The fourth-order valence-electron chi connectivity index (χ4n) is 1.49. The summed E-state index contributed by atoms with van der Waals surface area (Å²) >= 11 is 9.34. The van der Waals surface area contributed by atoms with Crippen LogP contribution in [0.3, 0.4) is 0 Å². The highest BCUT2D eigenvalue weighted by Gasteiger charge is 2.05. The van der Waals surface area contributed by atoms with Gasteiger partial charge in [0.15, 0.2) is 0 Å². The minimum absolute atomic E-state index is 0.497. The van der Waals surface area contributed by atoms with Crippen LogP contribution >= 0.6 is 27.5 Å². The Bertz CT molecular complexity index is 607. The van der Waals surface area contributed by atoms with Crippen molar-refractivity contribution in [3.8, 4) is 6.07 Å². The first-order chi connectivity index (χ1) is 8.70. The number of nitrogens with one attached hydrogen (secondary N) is 1. The number of nitrogens with zero attached hydrogens (tertiary/aromatic N) is 2. The van der Waals surface area contributed by atoms with Gasteiger partial charge in [-0.15, -0.1) is 0 Å². The van der Waals surface area contributed by atoms with Crippen molar-refractivity contribution in [1.29, 1.82) is 5.26 Å². The molecule has 0 bridgehead atoms. The van der Waals surface area contributed by atoms with Crippen LogP contribution < -0.4 is 5.32 Å². The Morgan fingerprint density at radius 3 is 2.89 bits per heavy atom. The average Bonchev–Trinajstić information content (AvgIpc) is 2.39. The summed E-state index contributed by atoms with van der Waals surface area (Å²) in [7, 11) is 0. The van der Waals surface area contributed by atoms with Gasteiger partial charge in [-0.1, -0.05) is 29.8 Å². The van der Waals surface area contributed by atoms with Gasteiger partial charge in [0.25, 0.3) is 0 Å². The minimum atomic E-state index is 0.497. The maximum Gasteiger partial charge on any atom is 0.144 e. The zero-order chi connectivity index (χ0) is 13.0.